The van der Waals surface area contributed by atoms with Crippen LogP contribution < -0.4 is 5.32 Å². The van der Waals surface area contributed by atoms with Crippen molar-refractivity contribution in [2.45, 2.75) is 6.04 Å². The summed E-state index contributed by atoms with van der Waals surface area (Å²) in [5.41, 5.74) is 2.23. The van der Waals surface area contributed by atoms with E-state index in [2.05, 4.69) is 58.5 Å². The van der Waals surface area contributed by atoms with Gasteiger partial charge in [-0.2, -0.15) is 0 Å². The Morgan fingerprint density at radius 1 is 1.20 bits per heavy atom. The molecule has 0 spiro atoms. The number of hydrogen-bond donors (Lipinski definition) is 1. The van der Waals surface area contributed by atoms with Gasteiger partial charge in [-0.05, 0) is 26.2 Å². The van der Waals surface area contributed by atoms with Gasteiger partial charge in [0, 0.05) is 49.5 Å². The molecule has 1 aliphatic heterocycles. The van der Waals surface area contributed by atoms with E-state index >= 15 is 0 Å². The fourth-order valence-electron chi connectivity index (χ4n) is 2.80. The van der Waals surface area contributed by atoms with E-state index in [1.165, 1.54) is 11.1 Å². The van der Waals surface area contributed by atoms with Crippen LogP contribution in [0.25, 0.3) is 10.9 Å². The predicted octanol–water partition coefficient (Wildman–Crippen LogP) is 1.89. The molecule has 20 heavy (non-hydrogen) atoms. The molecule has 1 saturated heterocycles. The van der Waals surface area contributed by atoms with Crippen molar-refractivity contribution < 1.29 is 0 Å². The van der Waals surface area contributed by atoms with E-state index in [1.54, 1.807) is 0 Å². The summed E-state index contributed by atoms with van der Waals surface area (Å²) in [5.74, 6) is 0. The quantitative estimate of drug-likeness (QED) is 0.923. The Labute approximate surface area is 120 Å². The number of benzene rings is 1. The van der Waals surface area contributed by atoms with Crippen LogP contribution in [0.2, 0.25) is 0 Å². The smallest absolute Gasteiger partial charge is 0.0722 e. The van der Waals surface area contributed by atoms with Crippen molar-refractivity contribution in [2.24, 2.45) is 0 Å². The van der Waals surface area contributed by atoms with Crippen LogP contribution in [0, 0.1) is 0 Å². The van der Waals surface area contributed by atoms with E-state index < -0.39 is 0 Å². The predicted molar refractivity (Wildman–Crippen MR) is 84.1 cm³/mol. The molecule has 0 bridgehead atoms. The highest BCUT2D eigenvalue weighted by Crippen LogP contribution is 2.21. The second-order valence-corrected chi connectivity index (χ2v) is 5.65. The second-order valence-electron chi connectivity index (χ2n) is 5.65. The average Bonchev–Trinajstić information content (AvgIpc) is 2.48. The summed E-state index contributed by atoms with van der Waals surface area (Å²) >= 11 is 0. The molecule has 0 radical (unpaired) electrons. The first kappa shape index (κ1) is 13.3. The normalized spacial score (nSPS) is 21.2. The molecule has 1 atom stereocenters. The number of pyridine rings is 1. The molecule has 4 heteroatoms. The topological polar surface area (TPSA) is 31.4 Å². The van der Waals surface area contributed by atoms with Crippen molar-refractivity contribution >= 4 is 16.6 Å². The van der Waals surface area contributed by atoms with Gasteiger partial charge < -0.3 is 10.2 Å². The molecule has 106 valence electrons. The minimum atomic E-state index is 0.556. The zero-order chi connectivity index (χ0) is 13.9. The summed E-state index contributed by atoms with van der Waals surface area (Å²) in [5, 5.41) is 4.80. The van der Waals surface area contributed by atoms with E-state index in [1.807, 2.05) is 12.3 Å². The Hall–Kier alpha value is -1.65. The van der Waals surface area contributed by atoms with Gasteiger partial charge in [-0.15, -0.1) is 0 Å². The number of fused-ring (bicyclic) bond motifs is 1. The Balaban J connectivity index is 1.73. The summed E-state index contributed by atoms with van der Waals surface area (Å²) in [6.07, 6.45) is 1.88. The van der Waals surface area contributed by atoms with Crippen LogP contribution in [0.15, 0.2) is 36.5 Å². The van der Waals surface area contributed by atoms with Gasteiger partial charge >= 0.3 is 0 Å². The zero-order valence-corrected chi connectivity index (χ0v) is 12.2. The van der Waals surface area contributed by atoms with Crippen molar-refractivity contribution in [3.05, 3.63) is 36.5 Å². The van der Waals surface area contributed by atoms with Crippen LogP contribution in [-0.2, 0) is 0 Å². The van der Waals surface area contributed by atoms with Crippen molar-refractivity contribution in [1.29, 1.82) is 0 Å². The fourth-order valence-corrected chi connectivity index (χ4v) is 2.80. The molecule has 1 aromatic heterocycles. The highest BCUT2D eigenvalue weighted by molar-refractivity contribution is 5.90. The molecule has 4 nitrogen and oxygen atoms in total. The zero-order valence-electron chi connectivity index (χ0n) is 12.2. The summed E-state index contributed by atoms with van der Waals surface area (Å²) in [4.78, 5) is 9.25. The van der Waals surface area contributed by atoms with Crippen LogP contribution in [0.5, 0.6) is 0 Å². The molecule has 3 rings (SSSR count). The molecule has 2 heterocycles. The lowest BCUT2D eigenvalue weighted by molar-refractivity contribution is 0.122. The van der Waals surface area contributed by atoms with Gasteiger partial charge in [0.05, 0.1) is 5.52 Å². The molecule has 2 aromatic rings. The lowest BCUT2D eigenvalue weighted by Crippen LogP contribution is -2.52. The monoisotopic (exact) mass is 270 g/mol. The molecule has 0 aliphatic carbocycles. The minimum absolute atomic E-state index is 0.556. The van der Waals surface area contributed by atoms with Crippen molar-refractivity contribution in [2.75, 3.05) is 45.6 Å². The number of nitrogens with one attached hydrogen (secondary N) is 1. The maximum Gasteiger partial charge on any atom is 0.0722 e. The molecule has 0 saturated carbocycles. The average molecular weight is 270 g/mol. The van der Waals surface area contributed by atoms with E-state index in [0.717, 1.165) is 31.7 Å². The summed E-state index contributed by atoms with van der Waals surface area (Å²) in [7, 11) is 4.41. The van der Waals surface area contributed by atoms with Gasteiger partial charge in [0.2, 0.25) is 0 Å². The highest BCUT2D eigenvalue weighted by Gasteiger charge is 2.21. The Kier molecular flexibility index (Phi) is 3.85. The van der Waals surface area contributed by atoms with E-state index in [9.17, 15) is 0 Å². The van der Waals surface area contributed by atoms with E-state index in [-0.39, 0.29) is 0 Å². The van der Waals surface area contributed by atoms with Crippen molar-refractivity contribution in [3.8, 4) is 0 Å². The number of para-hydroxylation sites is 1. The number of rotatable bonds is 3. The molecule has 1 N–H and O–H groups in total. The number of nitrogens with zero attached hydrogens (tertiary/aromatic N) is 3. The maximum absolute atomic E-state index is 4.40. The SMILES string of the molecule is CN1CCN(C)C(CNc2ccnc3ccccc23)C1. The van der Waals surface area contributed by atoms with Crippen LogP contribution >= 0.6 is 0 Å². The Morgan fingerprint density at radius 3 is 2.95 bits per heavy atom. The summed E-state index contributed by atoms with van der Waals surface area (Å²) in [6.45, 7) is 4.38. The Morgan fingerprint density at radius 2 is 2.05 bits per heavy atom. The van der Waals surface area contributed by atoms with Gasteiger partial charge in [0.1, 0.15) is 0 Å². The fraction of sp³-hybridized carbons (Fsp3) is 0.438. The number of hydrogen-bond acceptors (Lipinski definition) is 4. The van der Waals surface area contributed by atoms with Gasteiger partial charge in [0.15, 0.2) is 0 Å². The maximum atomic E-state index is 4.40. The molecular weight excluding hydrogens is 248 g/mol. The van der Waals surface area contributed by atoms with Crippen LogP contribution in [0.3, 0.4) is 0 Å². The molecule has 1 fully saturated rings. The van der Waals surface area contributed by atoms with Gasteiger partial charge in [-0.25, -0.2) is 0 Å². The number of aromatic nitrogens is 1. The number of likely N-dealkylation sites (N-methyl/N-ethyl adjacent to an activating group) is 2. The third kappa shape index (κ3) is 2.76. The van der Waals surface area contributed by atoms with Crippen LogP contribution in [0.4, 0.5) is 5.69 Å². The third-order valence-corrected chi connectivity index (χ3v) is 4.16. The first-order valence-corrected chi connectivity index (χ1v) is 7.20. The third-order valence-electron chi connectivity index (χ3n) is 4.16. The standard InChI is InChI=1S/C16H22N4/c1-19-9-10-20(2)13(12-19)11-18-16-7-8-17-15-6-4-3-5-14(15)16/h3-8,13H,9-12H2,1-2H3,(H,17,18). The van der Waals surface area contributed by atoms with Gasteiger partial charge in [0.25, 0.3) is 0 Å². The largest absolute Gasteiger partial charge is 0.383 e. The van der Waals surface area contributed by atoms with Crippen molar-refractivity contribution in [1.82, 2.24) is 14.8 Å². The highest BCUT2D eigenvalue weighted by atomic mass is 15.3. The molecule has 1 aliphatic rings. The first-order valence-electron chi connectivity index (χ1n) is 7.20. The summed E-state index contributed by atoms with van der Waals surface area (Å²) in [6, 6.07) is 10.9. The first-order chi connectivity index (χ1) is 9.74. The van der Waals surface area contributed by atoms with Gasteiger partial charge in [-0.1, -0.05) is 18.2 Å². The Bertz CT molecular complexity index is 578. The number of piperazine rings is 1. The molecule has 1 aromatic carbocycles. The molecular formula is C16H22N4. The molecule has 1 unspecified atom stereocenters. The lowest BCUT2D eigenvalue weighted by Gasteiger charge is -2.37. The van der Waals surface area contributed by atoms with Gasteiger partial charge in [-0.3, -0.25) is 9.88 Å². The summed E-state index contributed by atoms with van der Waals surface area (Å²) < 4.78 is 0. The van der Waals surface area contributed by atoms with Crippen LogP contribution in [-0.4, -0.2) is 61.1 Å². The molecule has 0 amide bonds. The lowest BCUT2D eigenvalue weighted by atomic mass is 10.1. The number of anilines is 1. The second kappa shape index (κ2) is 5.77. The van der Waals surface area contributed by atoms with E-state index in [0.29, 0.717) is 6.04 Å². The van der Waals surface area contributed by atoms with E-state index in [4.69, 9.17) is 0 Å². The minimum Gasteiger partial charge on any atom is -0.383 e. The van der Waals surface area contributed by atoms with Crippen molar-refractivity contribution in [3.63, 3.8) is 0 Å². The van der Waals surface area contributed by atoms with Crippen LogP contribution in [0.1, 0.15) is 0 Å².